The zero-order chi connectivity index (χ0) is 23.7. The number of carbonyl (C=O) groups is 1. The summed E-state index contributed by atoms with van der Waals surface area (Å²) in [6, 6.07) is 0. The fraction of sp³-hybridized carbons (Fsp3) is 0.367. The van der Waals surface area contributed by atoms with Crippen LogP contribution in [0.4, 0.5) is 0 Å². The monoisotopic (exact) mass is 456 g/mol. The summed E-state index contributed by atoms with van der Waals surface area (Å²) in [5.74, 6) is -1.24. The minimum atomic E-state index is -1.59. The van der Waals surface area contributed by atoms with Gasteiger partial charge in [0.05, 0.1) is 13.2 Å². The van der Waals surface area contributed by atoms with Crippen molar-refractivity contribution in [3.05, 3.63) is 107 Å². The van der Waals surface area contributed by atoms with Crippen LogP contribution < -0.4 is 0 Å². The minimum Gasteiger partial charge on any atom is -0.376 e. The summed E-state index contributed by atoms with van der Waals surface area (Å²) in [7, 11) is 0. The third-order valence-electron chi connectivity index (χ3n) is 7.44. The second kappa shape index (κ2) is 9.46. The summed E-state index contributed by atoms with van der Waals surface area (Å²) < 4.78 is 5.81. The molecule has 2 N–H and O–H groups in total. The van der Waals surface area contributed by atoms with Gasteiger partial charge in [0.25, 0.3) is 0 Å². The molecule has 5 aliphatic rings. The molecule has 0 aromatic rings. The smallest absolute Gasteiger partial charge is 0.167 e. The second-order valence-corrected chi connectivity index (χ2v) is 9.93. The van der Waals surface area contributed by atoms with Crippen molar-refractivity contribution >= 4 is 5.78 Å². The molecule has 0 saturated heterocycles. The number of carbonyl (C=O) groups excluding carboxylic acids is 1. The first-order chi connectivity index (χ1) is 16.4. The molecular weight excluding hydrogens is 424 g/mol. The normalized spacial score (nSPS) is 28.6. The molecule has 0 aromatic carbocycles. The van der Waals surface area contributed by atoms with Crippen LogP contribution in [0.15, 0.2) is 107 Å². The molecule has 0 spiro atoms. The molecule has 4 nitrogen and oxygen atoms in total. The first-order valence-corrected chi connectivity index (χ1v) is 12.2. The summed E-state index contributed by atoms with van der Waals surface area (Å²) in [5, 5.41) is 19.9. The van der Waals surface area contributed by atoms with E-state index in [1.807, 2.05) is 24.3 Å². The fourth-order valence-corrected chi connectivity index (χ4v) is 5.42. The van der Waals surface area contributed by atoms with Crippen LogP contribution in [-0.4, -0.2) is 35.0 Å². The summed E-state index contributed by atoms with van der Waals surface area (Å²) in [6.07, 6.45) is 26.2. The van der Waals surface area contributed by atoms with Gasteiger partial charge in [-0.25, -0.2) is 0 Å². The number of allylic oxidation sites excluding steroid dienone is 15. The van der Waals surface area contributed by atoms with Gasteiger partial charge in [-0.15, -0.1) is 0 Å². The SMILES string of the molecule is C=C1C=C(C(=O)CCC2=CC3C=C(COCC4CCCC4(O)O)C=CC3=C2)C=C2C=CC=CC12. The molecule has 0 heterocycles. The lowest BCUT2D eigenvalue weighted by Crippen LogP contribution is -2.35. The number of hydrogen-bond donors (Lipinski definition) is 2. The number of hydrogen-bond acceptors (Lipinski definition) is 4. The number of ether oxygens (including phenoxy) is 1. The van der Waals surface area contributed by atoms with Gasteiger partial charge in [-0.05, 0) is 53.7 Å². The van der Waals surface area contributed by atoms with Crippen molar-refractivity contribution in [3.63, 3.8) is 0 Å². The predicted molar refractivity (Wildman–Crippen MR) is 134 cm³/mol. The van der Waals surface area contributed by atoms with E-state index in [2.05, 4.69) is 49.1 Å². The van der Waals surface area contributed by atoms with Crippen molar-refractivity contribution in [1.29, 1.82) is 0 Å². The molecule has 0 aromatic heterocycles. The maximum absolute atomic E-state index is 12.9. The van der Waals surface area contributed by atoms with Gasteiger partial charge in [0.15, 0.2) is 11.6 Å². The van der Waals surface area contributed by atoms with Gasteiger partial charge in [0.1, 0.15) is 0 Å². The lowest BCUT2D eigenvalue weighted by molar-refractivity contribution is -0.195. The Bertz CT molecular complexity index is 1130. The van der Waals surface area contributed by atoms with E-state index in [9.17, 15) is 15.0 Å². The van der Waals surface area contributed by atoms with Crippen molar-refractivity contribution in [2.24, 2.45) is 17.8 Å². The van der Waals surface area contributed by atoms with Crippen LogP contribution in [-0.2, 0) is 9.53 Å². The number of ketones is 1. The molecule has 3 unspecified atom stereocenters. The molecule has 1 fully saturated rings. The first-order valence-electron chi connectivity index (χ1n) is 12.2. The quantitative estimate of drug-likeness (QED) is 0.506. The zero-order valence-electron chi connectivity index (χ0n) is 19.5. The van der Waals surface area contributed by atoms with E-state index in [1.165, 1.54) is 11.1 Å². The average molecular weight is 457 g/mol. The van der Waals surface area contributed by atoms with Crippen LogP contribution in [0.1, 0.15) is 32.1 Å². The van der Waals surface area contributed by atoms with Crippen molar-refractivity contribution in [2.45, 2.75) is 37.9 Å². The van der Waals surface area contributed by atoms with E-state index in [-0.39, 0.29) is 23.5 Å². The first kappa shape index (κ1) is 23.0. The fourth-order valence-electron chi connectivity index (χ4n) is 5.42. The van der Waals surface area contributed by atoms with Crippen LogP contribution in [0.2, 0.25) is 0 Å². The lowest BCUT2D eigenvalue weighted by Gasteiger charge is -2.24. The van der Waals surface area contributed by atoms with E-state index < -0.39 is 5.79 Å². The molecule has 0 bridgehead atoms. The topological polar surface area (TPSA) is 66.8 Å². The van der Waals surface area contributed by atoms with Crippen LogP contribution in [0.5, 0.6) is 0 Å². The molecule has 34 heavy (non-hydrogen) atoms. The third-order valence-corrected chi connectivity index (χ3v) is 7.44. The highest BCUT2D eigenvalue weighted by Gasteiger charge is 2.39. The van der Waals surface area contributed by atoms with Gasteiger partial charge in [-0.3, -0.25) is 4.79 Å². The second-order valence-electron chi connectivity index (χ2n) is 9.93. The van der Waals surface area contributed by atoms with E-state index in [0.717, 1.165) is 41.6 Å². The third kappa shape index (κ3) is 4.85. The van der Waals surface area contributed by atoms with Crippen LogP contribution >= 0.6 is 0 Å². The van der Waals surface area contributed by atoms with Gasteiger partial charge >= 0.3 is 0 Å². The van der Waals surface area contributed by atoms with Gasteiger partial charge < -0.3 is 14.9 Å². The number of fused-ring (bicyclic) bond motifs is 2. The Kier molecular flexibility index (Phi) is 6.39. The Morgan fingerprint density at radius 2 is 1.91 bits per heavy atom. The average Bonchev–Trinajstić information content (AvgIpc) is 3.39. The van der Waals surface area contributed by atoms with E-state index in [0.29, 0.717) is 26.1 Å². The molecule has 0 amide bonds. The minimum absolute atomic E-state index is 0.153. The summed E-state index contributed by atoms with van der Waals surface area (Å²) in [4.78, 5) is 12.9. The number of rotatable bonds is 8. The highest BCUT2D eigenvalue weighted by atomic mass is 16.5. The molecule has 0 aliphatic heterocycles. The highest BCUT2D eigenvalue weighted by Crippen LogP contribution is 2.36. The van der Waals surface area contributed by atoms with E-state index in [1.54, 1.807) is 0 Å². The van der Waals surface area contributed by atoms with Crippen molar-refractivity contribution < 1.29 is 19.7 Å². The summed E-state index contributed by atoms with van der Waals surface area (Å²) in [6.45, 7) is 4.98. The molecule has 5 aliphatic carbocycles. The van der Waals surface area contributed by atoms with E-state index >= 15 is 0 Å². The van der Waals surface area contributed by atoms with E-state index in [4.69, 9.17) is 4.74 Å². The molecular formula is C30H32O4. The molecule has 1 saturated carbocycles. The largest absolute Gasteiger partial charge is 0.376 e. The summed E-state index contributed by atoms with van der Waals surface area (Å²) >= 11 is 0. The lowest BCUT2D eigenvalue weighted by atomic mass is 9.81. The maximum Gasteiger partial charge on any atom is 0.167 e. The molecule has 176 valence electrons. The number of aliphatic hydroxyl groups is 2. The van der Waals surface area contributed by atoms with Crippen molar-refractivity contribution in [1.82, 2.24) is 0 Å². The summed E-state index contributed by atoms with van der Waals surface area (Å²) in [5.41, 5.74) is 6.37. The van der Waals surface area contributed by atoms with Crippen molar-refractivity contribution in [3.8, 4) is 0 Å². The van der Waals surface area contributed by atoms with Gasteiger partial charge in [-0.1, -0.05) is 66.8 Å². The van der Waals surface area contributed by atoms with Gasteiger partial charge in [0.2, 0.25) is 0 Å². The van der Waals surface area contributed by atoms with Gasteiger partial charge in [0, 0.05) is 36.2 Å². The molecule has 0 radical (unpaired) electrons. The molecule has 3 atom stereocenters. The van der Waals surface area contributed by atoms with Crippen LogP contribution in [0, 0.1) is 17.8 Å². The van der Waals surface area contributed by atoms with Crippen molar-refractivity contribution in [2.75, 3.05) is 13.2 Å². The maximum atomic E-state index is 12.9. The Morgan fingerprint density at radius 3 is 2.74 bits per heavy atom. The number of Topliss-reactive ketones (excluding diaryl/α,β-unsaturated/α-hetero) is 1. The Morgan fingerprint density at radius 1 is 1.06 bits per heavy atom. The highest BCUT2D eigenvalue weighted by molar-refractivity contribution is 5.99. The zero-order valence-corrected chi connectivity index (χ0v) is 19.5. The predicted octanol–water partition coefficient (Wildman–Crippen LogP) is 4.98. The molecule has 4 heteroatoms. The van der Waals surface area contributed by atoms with Crippen LogP contribution in [0.3, 0.4) is 0 Å². The van der Waals surface area contributed by atoms with Crippen LogP contribution in [0.25, 0.3) is 0 Å². The Hall–Kier alpha value is -2.79. The Labute approximate surface area is 201 Å². The molecule has 5 rings (SSSR count). The Balaban J connectivity index is 1.14. The standard InChI is InChI=1S/C30H32O4/c1-20-13-26(17-24-5-2-3-7-28(20)24)29(31)11-9-21-14-23-10-8-22(16-25(23)15-21)18-34-19-27-6-4-12-30(27,32)33/h2-3,5,7-8,10,13-17,25,27-28,32-33H,1,4,6,9,11-12,18-19H2. The van der Waals surface area contributed by atoms with Gasteiger partial charge in [-0.2, -0.15) is 0 Å².